The summed E-state index contributed by atoms with van der Waals surface area (Å²) in [5, 5.41) is 19.2. The number of benzene rings is 1. The van der Waals surface area contributed by atoms with Crippen LogP contribution in [0.3, 0.4) is 0 Å². The van der Waals surface area contributed by atoms with Gasteiger partial charge in [-0.05, 0) is 5.56 Å². The minimum absolute atomic E-state index is 0.335. The maximum absolute atomic E-state index is 11.0. The van der Waals surface area contributed by atoms with Gasteiger partial charge < -0.3 is 5.11 Å². The Morgan fingerprint density at radius 3 is 1.95 bits per heavy atom. The zero-order chi connectivity index (χ0) is 14.5. The Hall–Kier alpha value is -2.54. The minimum Gasteiger partial charge on any atom is -0.386 e. The molecule has 0 amide bonds. The molecule has 0 unspecified atom stereocenters. The van der Waals surface area contributed by atoms with Crippen molar-refractivity contribution in [1.82, 2.24) is 29.5 Å². The van der Waals surface area contributed by atoms with Crippen LogP contribution in [-0.4, -0.2) is 40.2 Å². The summed E-state index contributed by atoms with van der Waals surface area (Å²) in [6, 6.07) is 9.86. The Morgan fingerprint density at radius 2 is 1.48 bits per heavy atom. The summed E-state index contributed by atoms with van der Waals surface area (Å²) in [6.45, 7) is 0.670. The maximum Gasteiger partial charge on any atom is 0.137 e. The van der Waals surface area contributed by atoms with Crippen molar-refractivity contribution in [2.75, 3.05) is 0 Å². The summed E-state index contributed by atoms with van der Waals surface area (Å²) in [7, 11) is 0. The average Bonchev–Trinajstić information content (AvgIpc) is 3.13. The topological polar surface area (TPSA) is 81.6 Å². The van der Waals surface area contributed by atoms with Gasteiger partial charge in [-0.3, -0.25) is 0 Å². The first-order chi connectivity index (χ1) is 10.2. The van der Waals surface area contributed by atoms with Crippen molar-refractivity contribution < 1.29 is 5.11 Å². The summed E-state index contributed by atoms with van der Waals surface area (Å²) >= 11 is 0. The number of hydrogen-bond acceptors (Lipinski definition) is 5. The predicted molar refractivity (Wildman–Crippen MR) is 75.1 cm³/mol. The van der Waals surface area contributed by atoms with Gasteiger partial charge in [0.15, 0.2) is 0 Å². The van der Waals surface area contributed by atoms with Crippen molar-refractivity contribution >= 4 is 0 Å². The molecule has 0 spiro atoms. The van der Waals surface area contributed by atoms with Gasteiger partial charge in [0.1, 0.15) is 30.9 Å². The van der Waals surface area contributed by atoms with Crippen LogP contribution in [0.15, 0.2) is 55.6 Å². The Balaban J connectivity index is 1.82. The highest BCUT2D eigenvalue weighted by atomic mass is 16.3. The number of nitrogens with zero attached hydrogens (tertiary/aromatic N) is 6. The fourth-order valence-corrected chi connectivity index (χ4v) is 2.37. The highest BCUT2D eigenvalue weighted by Crippen LogP contribution is 2.18. The molecule has 0 radical (unpaired) electrons. The van der Waals surface area contributed by atoms with Crippen LogP contribution in [0.4, 0.5) is 0 Å². The molecule has 0 atom stereocenters. The Bertz CT molecular complexity index is 614. The molecule has 0 bridgehead atoms. The third kappa shape index (κ3) is 3.51. The van der Waals surface area contributed by atoms with Crippen LogP contribution in [0.1, 0.15) is 5.56 Å². The summed E-state index contributed by atoms with van der Waals surface area (Å²) < 4.78 is 3.25. The minimum atomic E-state index is -1.03. The van der Waals surface area contributed by atoms with Crippen molar-refractivity contribution in [1.29, 1.82) is 0 Å². The predicted octanol–water partition coefficient (Wildman–Crippen LogP) is 0.544. The number of hydrogen-bond donors (Lipinski definition) is 1. The van der Waals surface area contributed by atoms with Crippen molar-refractivity contribution in [2.24, 2.45) is 0 Å². The van der Waals surface area contributed by atoms with E-state index >= 15 is 0 Å². The number of aromatic nitrogens is 6. The first kappa shape index (κ1) is 13.4. The quantitative estimate of drug-likeness (QED) is 0.714. The van der Waals surface area contributed by atoms with Crippen molar-refractivity contribution in [2.45, 2.75) is 25.1 Å². The molecular formula is C14H16N6O. The molecule has 1 aromatic carbocycles. The zero-order valence-corrected chi connectivity index (χ0v) is 11.4. The van der Waals surface area contributed by atoms with Crippen molar-refractivity contribution in [3.63, 3.8) is 0 Å². The van der Waals surface area contributed by atoms with E-state index < -0.39 is 5.60 Å². The van der Waals surface area contributed by atoms with E-state index in [9.17, 15) is 5.11 Å². The highest BCUT2D eigenvalue weighted by Gasteiger charge is 2.29. The standard InChI is InChI=1S/C14H16N6O/c21-14(7-19-11-15-9-17-19,8-20-12-16-10-18-20)6-13-4-2-1-3-5-13/h1-5,9-12,21H,6-8H2. The van der Waals surface area contributed by atoms with E-state index in [0.717, 1.165) is 5.56 Å². The van der Waals surface area contributed by atoms with Gasteiger partial charge in [0.2, 0.25) is 0 Å². The molecule has 7 nitrogen and oxygen atoms in total. The monoisotopic (exact) mass is 284 g/mol. The van der Waals surface area contributed by atoms with Gasteiger partial charge in [-0.2, -0.15) is 10.2 Å². The molecule has 108 valence electrons. The summed E-state index contributed by atoms with van der Waals surface area (Å²) in [6.07, 6.45) is 6.60. The Kier molecular flexibility index (Phi) is 3.74. The van der Waals surface area contributed by atoms with E-state index in [2.05, 4.69) is 20.2 Å². The Morgan fingerprint density at radius 1 is 0.905 bits per heavy atom. The third-order valence-electron chi connectivity index (χ3n) is 3.22. The highest BCUT2D eigenvalue weighted by molar-refractivity contribution is 5.17. The zero-order valence-electron chi connectivity index (χ0n) is 11.4. The van der Waals surface area contributed by atoms with E-state index in [0.29, 0.717) is 19.5 Å². The van der Waals surface area contributed by atoms with E-state index in [1.165, 1.54) is 12.7 Å². The molecule has 0 saturated heterocycles. The molecule has 2 heterocycles. The van der Waals surface area contributed by atoms with Crippen LogP contribution in [0.5, 0.6) is 0 Å². The van der Waals surface area contributed by atoms with Crippen LogP contribution in [0.2, 0.25) is 0 Å². The Labute approximate surface area is 121 Å². The van der Waals surface area contributed by atoms with Gasteiger partial charge in [-0.25, -0.2) is 19.3 Å². The third-order valence-corrected chi connectivity index (χ3v) is 3.22. The second-order valence-corrected chi connectivity index (χ2v) is 5.07. The van der Waals surface area contributed by atoms with Gasteiger partial charge in [-0.1, -0.05) is 30.3 Å². The summed E-state index contributed by atoms with van der Waals surface area (Å²) in [5.41, 5.74) is 0.0307. The van der Waals surface area contributed by atoms with E-state index in [1.807, 2.05) is 30.3 Å². The first-order valence-corrected chi connectivity index (χ1v) is 6.65. The molecule has 7 heteroatoms. The average molecular weight is 284 g/mol. The molecule has 0 fully saturated rings. The SMILES string of the molecule is OC(Cc1ccccc1)(Cn1cncn1)Cn1cncn1. The fraction of sp³-hybridized carbons (Fsp3) is 0.286. The summed E-state index contributed by atoms with van der Waals surface area (Å²) in [5.74, 6) is 0. The molecule has 0 aliphatic carbocycles. The maximum atomic E-state index is 11.0. The smallest absolute Gasteiger partial charge is 0.137 e. The van der Waals surface area contributed by atoms with Gasteiger partial charge in [0.05, 0.1) is 13.1 Å². The largest absolute Gasteiger partial charge is 0.386 e. The van der Waals surface area contributed by atoms with E-state index in [4.69, 9.17) is 0 Å². The van der Waals surface area contributed by atoms with E-state index in [-0.39, 0.29) is 0 Å². The van der Waals surface area contributed by atoms with Gasteiger partial charge in [0, 0.05) is 6.42 Å². The van der Waals surface area contributed by atoms with Crippen LogP contribution in [0.25, 0.3) is 0 Å². The van der Waals surface area contributed by atoms with Crippen LogP contribution in [-0.2, 0) is 19.5 Å². The van der Waals surface area contributed by atoms with Gasteiger partial charge >= 0.3 is 0 Å². The lowest BCUT2D eigenvalue weighted by Crippen LogP contribution is -2.41. The molecule has 21 heavy (non-hydrogen) atoms. The fourth-order valence-electron chi connectivity index (χ4n) is 2.37. The lowest BCUT2D eigenvalue weighted by Gasteiger charge is -2.27. The number of rotatable bonds is 6. The van der Waals surface area contributed by atoms with E-state index in [1.54, 1.807) is 22.0 Å². The van der Waals surface area contributed by atoms with Crippen LogP contribution < -0.4 is 0 Å². The molecule has 3 rings (SSSR count). The molecule has 3 aromatic rings. The molecule has 2 aromatic heterocycles. The molecule has 1 N–H and O–H groups in total. The summed E-state index contributed by atoms with van der Waals surface area (Å²) in [4.78, 5) is 7.83. The van der Waals surface area contributed by atoms with Gasteiger partial charge in [-0.15, -0.1) is 0 Å². The molecule has 0 aliphatic rings. The number of aliphatic hydroxyl groups is 1. The van der Waals surface area contributed by atoms with Crippen LogP contribution in [0, 0.1) is 0 Å². The van der Waals surface area contributed by atoms with Crippen molar-refractivity contribution in [3.8, 4) is 0 Å². The molecular weight excluding hydrogens is 268 g/mol. The van der Waals surface area contributed by atoms with Gasteiger partial charge in [0.25, 0.3) is 0 Å². The lowest BCUT2D eigenvalue weighted by molar-refractivity contribution is -0.000123. The first-order valence-electron chi connectivity index (χ1n) is 6.65. The second-order valence-electron chi connectivity index (χ2n) is 5.07. The molecule has 0 saturated carbocycles. The second kappa shape index (κ2) is 5.84. The van der Waals surface area contributed by atoms with Crippen LogP contribution >= 0.6 is 0 Å². The van der Waals surface area contributed by atoms with Crippen molar-refractivity contribution in [3.05, 3.63) is 61.2 Å². The lowest BCUT2D eigenvalue weighted by atomic mass is 9.94. The normalized spacial score (nSPS) is 11.7. The molecule has 0 aliphatic heterocycles.